The van der Waals surface area contributed by atoms with Crippen molar-refractivity contribution in [3.05, 3.63) is 0 Å². The zero-order valence-electron chi connectivity index (χ0n) is 11.8. The first-order valence-electron chi connectivity index (χ1n) is 6.52. The third-order valence-electron chi connectivity index (χ3n) is 3.01. The Kier molecular flexibility index (Phi) is 7.07. The van der Waals surface area contributed by atoms with Crippen molar-refractivity contribution < 1.29 is 19.1 Å². The summed E-state index contributed by atoms with van der Waals surface area (Å²) in [7, 11) is 0. The Morgan fingerprint density at radius 3 is 2.74 bits per heavy atom. The fourth-order valence-corrected chi connectivity index (χ4v) is 3.70. The van der Waals surface area contributed by atoms with Crippen LogP contribution >= 0.6 is 23.5 Å². The van der Waals surface area contributed by atoms with Crippen molar-refractivity contribution in [3.8, 4) is 0 Å². The lowest BCUT2D eigenvalue weighted by molar-refractivity contribution is -0.165. The number of ether oxygens (including phenoxy) is 2. The first-order valence-corrected chi connectivity index (χ1v) is 8.72. The number of rotatable bonds is 5. The Morgan fingerprint density at radius 2 is 2.05 bits per heavy atom. The van der Waals surface area contributed by atoms with Crippen molar-refractivity contribution in [2.24, 2.45) is 5.41 Å². The van der Waals surface area contributed by atoms with Crippen molar-refractivity contribution in [2.45, 2.75) is 39.0 Å². The van der Waals surface area contributed by atoms with Crippen LogP contribution in [-0.4, -0.2) is 41.2 Å². The lowest BCUT2D eigenvalue weighted by Crippen LogP contribution is -2.29. The van der Waals surface area contributed by atoms with Crippen LogP contribution in [0, 0.1) is 5.41 Å². The Balaban J connectivity index is 2.29. The molecule has 1 aliphatic heterocycles. The van der Waals surface area contributed by atoms with Gasteiger partial charge >= 0.3 is 11.9 Å². The largest absolute Gasteiger partial charge is 0.453 e. The second-order valence-electron chi connectivity index (χ2n) is 5.03. The maximum absolute atomic E-state index is 11.7. The van der Waals surface area contributed by atoms with E-state index in [9.17, 15) is 9.59 Å². The summed E-state index contributed by atoms with van der Waals surface area (Å²) in [6.07, 6.45) is 1.82. The molecule has 110 valence electrons. The van der Waals surface area contributed by atoms with Crippen LogP contribution in [0.25, 0.3) is 0 Å². The highest BCUT2D eigenvalue weighted by Gasteiger charge is 2.28. The van der Waals surface area contributed by atoms with E-state index in [-0.39, 0.29) is 18.0 Å². The number of carbonyl (C=O) groups is 2. The highest BCUT2D eigenvalue weighted by atomic mass is 32.2. The van der Waals surface area contributed by atoms with Crippen LogP contribution in [0.5, 0.6) is 0 Å². The Morgan fingerprint density at radius 1 is 1.32 bits per heavy atom. The molecule has 0 saturated carbocycles. The zero-order chi connectivity index (χ0) is 14.3. The quantitative estimate of drug-likeness (QED) is 0.728. The van der Waals surface area contributed by atoms with Crippen molar-refractivity contribution in [1.82, 2.24) is 0 Å². The van der Waals surface area contributed by atoms with Gasteiger partial charge in [0, 0.05) is 5.75 Å². The molecule has 1 heterocycles. The van der Waals surface area contributed by atoms with Crippen LogP contribution in [0.15, 0.2) is 0 Å². The van der Waals surface area contributed by atoms with Gasteiger partial charge in [0.15, 0.2) is 12.0 Å². The van der Waals surface area contributed by atoms with E-state index in [0.717, 1.165) is 23.7 Å². The number of hydrogen-bond acceptors (Lipinski definition) is 6. The smallest absolute Gasteiger partial charge is 0.345 e. The standard InChI is InChI=1S/C13H22O4S2/c1-4-13(2,3)12(15)16-8-10(14)17-11-9-18-6-5-7-19-11/h11H,4-9H2,1-3H3. The van der Waals surface area contributed by atoms with Crippen LogP contribution in [0.2, 0.25) is 0 Å². The van der Waals surface area contributed by atoms with E-state index in [4.69, 9.17) is 9.47 Å². The lowest BCUT2D eigenvalue weighted by Gasteiger charge is -2.20. The van der Waals surface area contributed by atoms with Gasteiger partial charge in [-0.1, -0.05) is 6.92 Å². The van der Waals surface area contributed by atoms with Crippen LogP contribution in [0.3, 0.4) is 0 Å². The van der Waals surface area contributed by atoms with E-state index in [1.165, 1.54) is 0 Å². The molecule has 0 bridgehead atoms. The molecule has 0 aliphatic carbocycles. The summed E-state index contributed by atoms with van der Waals surface area (Å²) in [4.78, 5) is 23.3. The minimum Gasteiger partial charge on any atom is -0.453 e. The minimum absolute atomic E-state index is 0.113. The second kappa shape index (κ2) is 8.04. The van der Waals surface area contributed by atoms with Crippen LogP contribution in [0.1, 0.15) is 33.6 Å². The summed E-state index contributed by atoms with van der Waals surface area (Å²) in [5.41, 5.74) is -0.661. The van der Waals surface area contributed by atoms with Gasteiger partial charge < -0.3 is 9.47 Å². The maximum Gasteiger partial charge on any atom is 0.345 e. The van der Waals surface area contributed by atoms with E-state index in [1.807, 2.05) is 6.92 Å². The van der Waals surface area contributed by atoms with Gasteiger partial charge in [-0.15, -0.1) is 11.8 Å². The van der Waals surface area contributed by atoms with E-state index < -0.39 is 11.4 Å². The molecule has 1 saturated heterocycles. The molecule has 0 N–H and O–H groups in total. The Bertz CT molecular complexity index is 310. The molecule has 0 aromatic carbocycles. The van der Waals surface area contributed by atoms with Gasteiger partial charge in [0.05, 0.1) is 5.41 Å². The van der Waals surface area contributed by atoms with Crippen molar-refractivity contribution in [3.63, 3.8) is 0 Å². The van der Waals surface area contributed by atoms with Crippen molar-refractivity contribution in [1.29, 1.82) is 0 Å². The molecule has 0 aromatic heterocycles. The van der Waals surface area contributed by atoms with Gasteiger partial charge in [0.1, 0.15) is 0 Å². The SMILES string of the molecule is CCC(C)(C)C(=O)OCC(=O)OC1CSCCCS1. The Hall–Kier alpha value is -0.360. The van der Waals surface area contributed by atoms with Gasteiger partial charge in [-0.25, -0.2) is 4.79 Å². The molecule has 0 spiro atoms. The highest BCUT2D eigenvalue weighted by Crippen LogP contribution is 2.24. The molecule has 4 nitrogen and oxygen atoms in total. The second-order valence-corrected chi connectivity index (χ2v) is 7.45. The monoisotopic (exact) mass is 306 g/mol. The van der Waals surface area contributed by atoms with Gasteiger partial charge in [0.25, 0.3) is 0 Å². The normalized spacial score (nSPS) is 20.5. The molecular weight excluding hydrogens is 284 g/mol. The fourth-order valence-electron chi connectivity index (χ4n) is 1.32. The van der Waals surface area contributed by atoms with Crippen LogP contribution in [0.4, 0.5) is 0 Å². The van der Waals surface area contributed by atoms with Gasteiger partial charge in [0.2, 0.25) is 0 Å². The van der Waals surface area contributed by atoms with E-state index in [1.54, 1.807) is 37.4 Å². The van der Waals surface area contributed by atoms with Crippen molar-refractivity contribution >= 4 is 35.5 Å². The Labute approximate surface area is 123 Å². The predicted octanol–water partition coefficient (Wildman–Crippen LogP) is 2.71. The molecule has 0 aromatic rings. The maximum atomic E-state index is 11.7. The first kappa shape index (κ1) is 16.7. The molecule has 1 atom stereocenters. The first-order chi connectivity index (χ1) is 8.95. The number of carbonyl (C=O) groups excluding carboxylic acids is 2. The zero-order valence-corrected chi connectivity index (χ0v) is 13.4. The lowest BCUT2D eigenvalue weighted by atomic mass is 9.91. The average Bonchev–Trinajstić information content (AvgIpc) is 2.64. The summed E-state index contributed by atoms with van der Waals surface area (Å²) < 4.78 is 10.3. The molecule has 0 amide bonds. The molecule has 0 radical (unpaired) electrons. The molecular formula is C13H22O4S2. The molecule has 1 unspecified atom stereocenters. The topological polar surface area (TPSA) is 52.6 Å². The van der Waals surface area contributed by atoms with E-state index in [2.05, 4.69) is 0 Å². The molecule has 1 rings (SSSR count). The fraction of sp³-hybridized carbons (Fsp3) is 0.846. The summed E-state index contributed by atoms with van der Waals surface area (Å²) >= 11 is 3.44. The van der Waals surface area contributed by atoms with Crippen molar-refractivity contribution in [2.75, 3.05) is 23.9 Å². The highest BCUT2D eigenvalue weighted by molar-refractivity contribution is 8.03. The molecule has 1 aliphatic rings. The average molecular weight is 306 g/mol. The van der Waals surface area contributed by atoms with Crippen LogP contribution in [-0.2, 0) is 19.1 Å². The van der Waals surface area contributed by atoms with Gasteiger partial charge in [-0.2, -0.15) is 11.8 Å². The van der Waals surface area contributed by atoms with Crippen LogP contribution < -0.4 is 0 Å². The third-order valence-corrected chi connectivity index (χ3v) is 5.50. The van der Waals surface area contributed by atoms with E-state index >= 15 is 0 Å². The van der Waals surface area contributed by atoms with E-state index in [0.29, 0.717) is 6.42 Å². The molecule has 6 heteroatoms. The summed E-state index contributed by atoms with van der Waals surface area (Å²) in [5, 5.41) is 0. The van der Waals surface area contributed by atoms with Gasteiger partial charge in [-0.05, 0) is 38.2 Å². The number of hydrogen-bond donors (Lipinski definition) is 0. The van der Waals surface area contributed by atoms with Gasteiger partial charge in [-0.3, -0.25) is 4.79 Å². The minimum atomic E-state index is -0.548. The molecule has 19 heavy (non-hydrogen) atoms. The third kappa shape index (κ3) is 6.08. The molecule has 1 fully saturated rings. The summed E-state index contributed by atoms with van der Waals surface area (Å²) in [6.45, 7) is 5.24. The number of thioether (sulfide) groups is 2. The summed E-state index contributed by atoms with van der Waals surface area (Å²) in [6, 6.07) is 0. The summed E-state index contributed by atoms with van der Waals surface area (Å²) in [5.74, 6) is 2.12. The number of esters is 2. The predicted molar refractivity (Wildman–Crippen MR) is 79.3 cm³/mol.